The summed E-state index contributed by atoms with van der Waals surface area (Å²) in [6.07, 6.45) is 0.221. The first-order valence-electron chi connectivity index (χ1n) is 6.05. The van der Waals surface area contributed by atoms with Gasteiger partial charge in [-0.2, -0.15) is 4.72 Å². The van der Waals surface area contributed by atoms with Crippen LogP contribution < -0.4 is 4.72 Å². The molecule has 1 aromatic rings. The molecule has 0 bridgehead atoms. The average molecular weight is 303 g/mol. The van der Waals surface area contributed by atoms with Crippen molar-refractivity contribution in [2.45, 2.75) is 37.6 Å². The molecule has 0 radical (unpaired) electrons. The van der Waals surface area contributed by atoms with Crippen LogP contribution in [0, 0.1) is 12.7 Å². The third-order valence-corrected chi connectivity index (χ3v) is 4.74. The number of esters is 1. The predicted octanol–water partition coefficient (Wildman–Crippen LogP) is 1.75. The van der Waals surface area contributed by atoms with E-state index < -0.39 is 27.3 Å². The van der Waals surface area contributed by atoms with Gasteiger partial charge in [-0.1, -0.05) is 6.92 Å². The molecule has 7 heteroatoms. The monoisotopic (exact) mass is 303 g/mol. The maximum absolute atomic E-state index is 13.2. The van der Waals surface area contributed by atoms with Gasteiger partial charge in [-0.25, -0.2) is 12.8 Å². The highest BCUT2D eigenvalue weighted by atomic mass is 32.2. The number of halogens is 1. The van der Waals surface area contributed by atoms with Crippen LogP contribution in [0.3, 0.4) is 0 Å². The van der Waals surface area contributed by atoms with E-state index in [2.05, 4.69) is 9.46 Å². The lowest BCUT2D eigenvalue weighted by atomic mass is 10.0. The molecular weight excluding hydrogens is 285 g/mol. The van der Waals surface area contributed by atoms with Crippen molar-refractivity contribution in [1.82, 2.24) is 4.72 Å². The number of sulfonamides is 1. The lowest BCUT2D eigenvalue weighted by molar-refractivity contribution is -0.147. The lowest BCUT2D eigenvalue weighted by Gasteiger charge is -2.26. The van der Waals surface area contributed by atoms with Gasteiger partial charge in [-0.3, -0.25) is 4.79 Å². The van der Waals surface area contributed by atoms with E-state index in [0.717, 1.165) is 12.1 Å². The molecule has 1 rings (SSSR count). The Morgan fingerprint density at radius 3 is 2.50 bits per heavy atom. The van der Waals surface area contributed by atoms with Gasteiger partial charge in [-0.15, -0.1) is 0 Å². The van der Waals surface area contributed by atoms with Crippen LogP contribution in [0.4, 0.5) is 4.39 Å². The van der Waals surface area contributed by atoms with Crippen LogP contribution in [0.2, 0.25) is 0 Å². The van der Waals surface area contributed by atoms with E-state index in [9.17, 15) is 17.6 Å². The highest BCUT2D eigenvalue weighted by Crippen LogP contribution is 2.19. The zero-order valence-electron chi connectivity index (χ0n) is 11.9. The number of nitrogens with one attached hydrogen (secondary N) is 1. The fraction of sp³-hybridized carbons (Fsp3) is 0.462. The van der Waals surface area contributed by atoms with Gasteiger partial charge in [0.1, 0.15) is 11.4 Å². The number of carbonyl (C=O) groups is 1. The van der Waals surface area contributed by atoms with Crippen molar-refractivity contribution >= 4 is 16.0 Å². The fourth-order valence-electron chi connectivity index (χ4n) is 1.62. The minimum absolute atomic E-state index is 0.0972. The van der Waals surface area contributed by atoms with Crippen LogP contribution >= 0.6 is 0 Å². The van der Waals surface area contributed by atoms with Crippen LogP contribution in [0.5, 0.6) is 0 Å². The highest BCUT2D eigenvalue weighted by Gasteiger charge is 2.37. The van der Waals surface area contributed by atoms with Crippen molar-refractivity contribution < 1.29 is 22.3 Å². The molecular formula is C13H18FNO4S. The second kappa shape index (κ2) is 5.88. The first kappa shape index (κ1) is 16.6. The van der Waals surface area contributed by atoms with Crippen molar-refractivity contribution in [2.75, 3.05) is 7.11 Å². The molecule has 0 aromatic heterocycles. The lowest BCUT2D eigenvalue weighted by Crippen LogP contribution is -2.52. The summed E-state index contributed by atoms with van der Waals surface area (Å²) >= 11 is 0. The van der Waals surface area contributed by atoms with E-state index in [0.29, 0.717) is 0 Å². The Kier molecular flexibility index (Phi) is 4.88. The Morgan fingerprint density at radius 2 is 2.05 bits per heavy atom. The molecule has 0 spiro atoms. The van der Waals surface area contributed by atoms with Gasteiger partial charge in [0.2, 0.25) is 10.0 Å². The van der Waals surface area contributed by atoms with Gasteiger partial charge >= 0.3 is 5.97 Å². The zero-order valence-corrected chi connectivity index (χ0v) is 12.7. The first-order valence-corrected chi connectivity index (χ1v) is 7.53. The number of rotatable bonds is 5. The maximum atomic E-state index is 13.2. The molecule has 0 aliphatic heterocycles. The van der Waals surface area contributed by atoms with Crippen molar-refractivity contribution in [3.05, 3.63) is 29.6 Å². The molecule has 1 aromatic carbocycles. The second-order valence-corrected chi connectivity index (χ2v) is 6.38. The smallest absolute Gasteiger partial charge is 0.326 e. The Balaban J connectivity index is 3.17. The Morgan fingerprint density at radius 1 is 1.45 bits per heavy atom. The molecule has 0 fully saturated rings. The van der Waals surface area contributed by atoms with E-state index in [4.69, 9.17) is 0 Å². The van der Waals surface area contributed by atoms with Crippen molar-refractivity contribution in [3.63, 3.8) is 0 Å². The molecule has 0 saturated carbocycles. The van der Waals surface area contributed by atoms with Crippen LogP contribution in [-0.2, 0) is 19.6 Å². The SMILES string of the molecule is CCC(C)(NS(=O)(=O)c1ccc(F)c(C)c1)C(=O)OC. The number of carbonyl (C=O) groups excluding carboxylic acids is 1. The topological polar surface area (TPSA) is 72.5 Å². The van der Waals surface area contributed by atoms with E-state index in [1.54, 1.807) is 6.92 Å². The van der Waals surface area contributed by atoms with Gasteiger partial charge in [-0.05, 0) is 44.0 Å². The summed E-state index contributed by atoms with van der Waals surface area (Å²) < 4.78 is 44.6. The standard InChI is InChI=1S/C13H18FNO4S/c1-5-13(3,12(16)19-4)15-20(17,18)10-6-7-11(14)9(2)8-10/h6-8,15H,5H2,1-4H3. The minimum Gasteiger partial charge on any atom is -0.468 e. The maximum Gasteiger partial charge on any atom is 0.326 e. The number of methoxy groups -OCH3 is 1. The molecule has 0 heterocycles. The molecule has 5 nitrogen and oxygen atoms in total. The van der Waals surface area contributed by atoms with Gasteiger partial charge in [0.05, 0.1) is 12.0 Å². The van der Waals surface area contributed by atoms with Crippen molar-refractivity contribution in [1.29, 1.82) is 0 Å². The van der Waals surface area contributed by atoms with Crippen molar-refractivity contribution in [3.8, 4) is 0 Å². The molecule has 0 amide bonds. The zero-order chi connectivity index (χ0) is 15.6. The number of hydrogen-bond donors (Lipinski definition) is 1. The van der Waals surface area contributed by atoms with E-state index in [1.807, 2.05) is 0 Å². The molecule has 0 aliphatic rings. The Bertz CT molecular complexity index is 615. The van der Waals surface area contributed by atoms with Crippen LogP contribution in [0.1, 0.15) is 25.8 Å². The average Bonchev–Trinajstić information content (AvgIpc) is 2.40. The largest absolute Gasteiger partial charge is 0.468 e. The summed E-state index contributed by atoms with van der Waals surface area (Å²) in [6, 6.07) is 3.44. The predicted molar refractivity (Wildman–Crippen MR) is 72.2 cm³/mol. The summed E-state index contributed by atoms with van der Waals surface area (Å²) in [5.41, 5.74) is -1.15. The van der Waals surface area contributed by atoms with Gasteiger partial charge in [0.25, 0.3) is 0 Å². The normalized spacial score (nSPS) is 14.7. The molecule has 1 N–H and O–H groups in total. The fourth-order valence-corrected chi connectivity index (χ4v) is 3.14. The Labute approximate surface area is 118 Å². The van der Waals surface area contributed by atoms with Crippen LogP contribution in [0.15, 0.2) is 23.1 Å². The molecule has 112 valence electrons. The third kappa shape index (κ3) is 3.34. The molecule has 0 saturated heterocycles. The molecule has 20 heavy (non-hydrogen) atoms. The van der Waals surface area contributed by atoms with Gasteiger partial charge in [0, 0.05) is 0 Å². The van der Waals surface area contributed by atoms with Gasteiger partial charge in [0.15, 0.2) is 0 Å². The minimum atomic E-state index is -3.94. The number of hydrogen-bond acceptors (Lipinski definition) is 4. The summed E-state index contributed by atoms with van der Waals surface area (Å²) in [7, 11) is -2.75. The number of aryl methyl sites for hydroxylation is 1. The van der Waals surface area contributed by atoms with Crippen LogP contribution in [-0.4, -0.2) is 27.0 Å². The summed E-state index contributed by atoms with van der Waals surface area (Å²) in [6.45, 7) is 4.57. The van der Waals surface area contributed by atoms with Crippen LogP contribution in [0.25, 0.3) is 0 Å². The highest BCUT2D eigenvalue weighted by molar-refractivity contribution is 7.89. The quantitative estimate of drug-likeness (QED) is 0.841. The number of benzene rings is 1. The number of ether oxygens (including phenoxy) is 1. The summed E-state index contributed by atoms with van der Waals surface area (Å²) in [4.78, 5) is 11.6. The first-order chi connectivity index (χ1) is 9.16. The molecule has 1 atom stereocenters. The van der Waals surface area contributed by atoms with E-state index >= 15 is 0 Å². The van der Waals surface area contributed by atoms with Crippen molar-refractivity contribution in [2.24, 2.45) is 0 Å². The van der Waals surface area contributed by atoms with Gasteiger partial charge < -0.3 is 4.74 Å². The summed E-state index contributed by atoms with van der Waals surface area (Å²) in [5.74, 6) is -1.17. The molecule has 1 unspecified atom stereocenters. The summed E-state index contributed by atoms with van der Waals surface area (Å²) in [5, 5.41) is 0. The van der Waals surface area contributed by atoms with E-state index in [-0.39, 0.29) is 16.9 Å². The Hall–Kier alpha value is -1.47. The second-order valence-electron chi connectivity index (χ2n) is 4.69. The third-order valence-electron chi connectivity index (χ3n) is 3.14. The molecule has 0 aliphatic carbocycles. The van der Waals surface area contributed by atoms with E-state index in [1.165, 1.54) is 27.0 Å².